The van der Waals surface area contributed by atoms with E-state index in [1.807, 2.05) is 20.8 Å². The largest absolute Gasteiger partial charge is 0.459 e. The molecule has 0 aromatic carbocycles. The van der Waals surface area contributed by atoms with Crippen LogP contribution in [0.1, 0.15) is 42.8 Å². The number of amides is 1. The fourth-order valence-electron chi connectivity index (χ4n) is 1.59. The third-order valence-corrected chi connectivity index (χ3v) is 3.10. The molecule has 1 aromatic heterocycles. The zero-order valence-corrected chi connectivity index (χ0v) is 10.0. The van der Waals surface area contributed by atoms with Gasteiger partial charge in [-0.15, -0.1) is 0 Å². The number of furan rings is 1. The Morgan fingerprint density at radius 1 is 1.50 bits per heavy atom. The molecule has 90 valence electrons. The van der Waals surface area contributed by atoms with E-state index in [0.29, 0.717) is 18.6 Å². The Kier molecular flexibility index (Phi) is 4.12. The van der Waals surface area contributed by atoms with Crippen molar-refractivity contribution in [3.63, 3.8) is 0 Å². The molecule has 0 aliphatic rings. The molecular formula is C12H19NO3. The third kappa shape index (κ3) is 2.44. The summed E-state index contributed by atoms with van der Waals surface area (Å²) in [6.07, 6.45) is 2.86. The minimum atomic E-state index is -0.545. The molecule has 1 heterocycles. The van der Waals surface area contributed by atoms with Crippen LogP contribution < -0.4 is 5.32 Å². The van der Waals surface area contributed by atoms with Crippen LogP contribution >= 0.6 is 0 Å². The maximum atomic E-state index is 11.9. The summed E-state index contributed by atoms with van der Waals surface area (Å²) in [7, 11) is 0. The molecule has 4 heteroatoms. The molecule has 0 atom stereocenters. The Balaban J connectivity index is 2.81. The molecule has 1 rings (SSSR count). The first-order valence-electron chi connectivity index (χ1n) is 5.56. The average molecular weight is 225 g/mol. The maximum Gasteiger partial charge on any atom is 0.287 e. The molecule has 0 aliphatic heterocycles. The number of carbonyl (C=O) groups excluding carboxylic acids is 1. The van der Waals surface area contributed by atoms with E-state index >= 15 is 0 Å². The third-order valence-electron chi connectivity index (χ3n) is 3.10. The highest BCUT2D eigenvalue weighted by atomic mass is 16.3. The van der Waals surface area contributed by atoms with Crippen LogP contribution in [-0.2, 0) is 0 Å². The molecule has 0 saturated carbocycles. The number of aryl methyl sites for hydroxylation is 1. The van der Waals surface area contributed by atoms with Gasteiger partial charge in [0.2, 0.25) is 0 Å². The van der Waals surface area contributed by atoms with Crippen LogP contribution in [0.25, 0.3) is 0 Å². The van der Waals surface area contributed by atoms with Crippen LogP contribution in [0.5, 0.6) is 0 Å². The van der Waals surface area contributed by atoms with Crippen molar-refractivity contribution < 1.29 is 14.3 Å². The van der Waals surface area contributed by atoms with Gasteiger partial charge in [-0.25, -0.2) is 0 Å². The fraction of sp³-hybridized carbons (Fsp3) is 0.583. The summed E-state index contributed by atoms with van der Waals surface area (Å²) >= 11 is 0. The maximum absolute atomic E-state index is 11.9. The van der Waals surface area contributed by atoms with Crippen molar-refractivity contribution in [2.45, 2.75) is 39.2 Å². The SMILES string of the molecule is CCC(CC)(CO)NC(=O)c1occc1C. The van der Waals surface area contributed by atoms with Crippen molar-refractivity contribution >= 4 is 5.91 Å². The summed E-state index contributed by atoms with van der Waals surface area (Å²) in [6.45, 7) is 5.63. The Morgan fingerprint density at radius 3 is 2.50 bits per heavy atom. The molecule has 0 bridgehead atoms. The Morgan fingerprint density at radius 2 is 2.12 bits per heavy atom. The lowest BCUT2D eigenvalue weighted by atomic mass is 9.93. The van der Waals surface area contributed by atoms with E-state index in [1.165, 1.54) is 6.26 Å². The number of rotatable bonds is 5. The number of hydrogen-bond acceptors (Lipinski definition) is 3. The monoisotopic (exact) mass is 225 g/mol. The van der Waals surface area contributed by atoms with Crippen LogP contribution in [0.3, 0.4) is 0 Å². The van der Waals surface area contributed by atoms with Crippen molar-refractivity contribution in [1.29, 1.82) is 0 Å². The fourth-order valence-corrected chi connectivity index (χ4v) is 1.59. The lowest BCUT2D eigenvalue weighted by molar-refractivity contribution is 0.0789. The van der Waals surface area contributed by atoms with E-state index in [0.717, 1.165) is 5.56 Å². The zero-order chi connectivity index (χ0) is 12.2. The van der Waals surface area contributed by atoms with E-state index in [-0.39, 0.29) is 12.5 Å². The normalized spacial score (nSPS) is 11.5. The summed E-state index contributed by atoms with van der Waals surface area (Å²) in [5.74, 6) is 0.0555. The van der Waals surface area contributed by atoms with Gasteiger partial charge in [-0.1, -0.05) is 13.8 Å². The van der Waals surface area contributed by atoms with Crippen LogP contribution in [0.4, 0.5) is 0 Å². The van der Waals surface area contributed by atoms with Crippen LogP contribution in [0.15, 0.2) is 16.7 Å². The minimum Gasteiger partial charge on any atom is -0.459 e. The summed E-state index contributed by atoms with van der Waals surface area (Å²) in [5.41, 5.74) is 0.257. The molecule has 1 aromatic rings. The summed E-state index contributed by atoms with van der Waals surface area (Å²) < 4.78 is 5.11. The lowest BCUT2D eigenvalue weighted by Gasteiger charge is -2.30. The highest BCUT2D eigenvalue weighted by Gasteiger charge is 2.29. The summed E-state index contributed by atoms with van der Waals surface area (Å²) in [5, 5.41) is 12.2. The second kappa shape index (κ2) is 5.16. The predicted octanol–water partition coefficient (Wildman–Crippen LogP) is 1.87. The van der Waals surface area contributed by atoms with Crippen molar-refractivity contribution in [3.8, 4) is 0 Å². The molecule has 4 nitrogen and oxygen atoms in total. The Hall–Kier alpha value is -1.29. The van der Waals surface area contributed by atoms with Gasteiger partial charge in [-0.2, -0.15) is 0 Å². The number of carbonyl (C=O) groups is 1. The Bertz CT molecular complexity index is 345. The number of aliphatic hydroxyl groups is 1. The van der Waals surface area contributed by atoms with E-state index in [4.69, 9.17) is 4.42 Å². The van der Waals surface area contributed by atoms with Gasteiger partial charge in [0.15, 0.2) is 5.76 Å². The van der Waals surface area contributed by atoms with E-state index in [9.17, 15) is 9.90 Å². The van der Waals surface area contributed by atoms with Gasteiger partial charge in [0.05, 0.1) is 18.4 Å². The highest BCUT2D eigenvalue weighted by Crippen LogP contribution is 2.16. The minimum absolute atomic E-state index is 0.0640. The summed E-state index contributed by atoms with van der Waals surface area (Å²) in [4.78, 5) is 11.9. The first-order valence-corrected chi connectivity index (χ1v) is 5.56. The van der Waals surface area contributed by atoms with Gasteiger partial charge in [0.1, 0.15) is 0 Å². The first kappa shape index (κ1) is 12.8. The number of nitrogens with one attached hydrogen (secondary N) is 1. The number of hydrogen-bond donors (Lipinski definition) is 2. The molecule has 0 unspecified atom stereocenters. The molecular weight excluding hydrogens is 206 g/mol. The first-order chi connectivity index (χ1) is 7.58. The lowest BCUT2D eigenvalue weighted by Crippen LogP contribution is -2.50. The van der Waals surface area contributed by atoms with Gasteiger partial charge >= 0.3 is 0 Å². The second-order valence-electron chi connectivity index (χ2n) is 4.03. The summed E-state index contributed by atoms with van der Waals surface area (Å²) in [6, 6.07) is 1.74. The average Bonchev–Trinajstić information content (AvgIpc) is 2.72. The van der Waals surface area contributed by atoms with E-state index in [1.54, 1.807) is 6.07 Å². The second-order valence-corrected chi connectivity index (χ2v) is 4.03. The van der Waals surface area contributed by atoms with Gasteiger partial charge in [-0.3, -0.25) is 4.79 Å². The molecule has 1 amide bonds. The smallest absolute Gasteiger partial charge is 0.287 e. The molecule has 2 N–H and O–H groups in total. The van der Waals surface area contributed by atoms with Gasteiger partial charge < -0.3 is 14.8 Å². The standard InChI is InChI=1S/C12H19NO3/c1-4-12(5-2,8-14)13-11(15)10-9(3)6-7-16-10/h6-7,14H,4-5,8H2,1-3H3,(H,13,15). The van der Waals surface area contributed by atoms with Crippen molar-refractivity contribution in [2.24, 2.45) is 0 Å². The molecule has 0 fully saturated rings. The number of aliphatic hydroxyl groups excluding tert-OH is 1. The van der Waals surface area contributed by atoms with E-state index < -0.39 is 5.54 Å². The van der Waals surface area contributed by atoms with Crippen molar-refractivity contribution in [1.82, 2.24) is 5.32 Å². The van der Waals surface area contributed by atoms with Crippen LogP contribution in [0.2, 0.25) is 0 Å². The molecule has 0 saturated heterocycles. The van der Waals surface area contributed by atoms with Gasteiger partial charge in [-0.05, 0) is 25.8 Å². The highest BCUT2D eigenvalue weighted by molar-refractivity contribution is 5.93. The zero-order valence-electron chi connectivity index (χ0n) is 10.0. The van der Waals surface area contributed by atoms with Crippen molar-refractivity contribution in [3.05, 3.63) is 23.7 Å². The Labute approximate surface area is 95.7 Å². The van der Waals surface area contributed by atoms with Crippen LogP contribution in [0, 0.1) is 6.92 Å². The molecule has 0 radical (unpaired) electrons. The van der Waals surface area contributed by atoms with Gasteiger partial charge in [0.25, 0.3) is 5.91 Å². The van der Waals surface area contributed by atoms with Crippen molar-refractivity contribution in [2.75, 3.05) is 6.61 Å². The molecule has 0 aliphatic carbocycles. The van der Waals surface area contributed by atoms with E-state index in [2.05, 4.69) is 5.32 Å². The van der Waals surface area contributed by atoms with Crippen LogP contribution in [-0.4, -0.2) is 23.2 Å². The molecule has 0 spiro atoms. The van der Waals surface area contributed by atoms with Gasteiger partial charge in [0, 0.05) is 5.56 Å². The molecule has 16 heavy (non-hydrogen) atoms. The predicted molar refractivity (Wildman–Crippen MR) is 61.3 cm³/mol. The topological polar surface area (TPSA) is 62.5 Å². The quantitative estimate of drug-likeness (QED) is 0.804.